The highest BCUT2D eigenvalue weighted by Crippen LogP contribution is 2.21. The minimum atomic E-state index is -0.370. The molecule has 0 bridgehead atoms. The maximum atomic E-state index is 11.8. The molecule has 1 atom stereocenters. The van der Waals surface area contributed by atoms with Crippen molar-refractivity contribution in [3.63, 3.8) is 0 Å². The molecule has 1 unspecified atom stereocenters. The van der Waals surface area contributed by atoms with E-state index in [0.29, 0.717) is 18.4 Å². The van der Waals surface area contributed by atoms with Gasteiger partial charge in [0.25, 0.3) is 5.91 Å². The lowest BCUT2D eigenvalue weighted by Crippen LogP contribution is -2.30. The van der Waals surface area contributed by atoms with Crippen molar-refractivity contribution in [3.8, 4) is 11.5 Å². The van der Waals surface area contributed by atoms with Crippen LogP contribution in [0.5, 0.6) is 11.5 Å². The lowest BCUT2D eigenvalue weighted by Gasteiger charge is -2.16. The first kappa shape index (κ1) is 13.4. The molecule has 4 nitrogen and oxygen atoms in total. The molecule has 1 aromatic carbocycles. The molecule has 0 radical (unpaired) electrons. The lowest BCUT2D eigenvalue weighted by molar-refractivity contribution is 0.0942. The molecule has 0 aliphatic heterocycles. The van der Waals surface area contributed by atoms with E-state index in [0.717, 1.165) is 0 Å². The van der Waals surface area contributed by atoms with Crippen molar-refractivity contribution in [2.45, 2.75) is 20.8 Å². The van der Waals surface area contributed by atoms with Crippen LogP contribution in [0.2, 0.25) is 0 Å². The van der Waals surface area contributed by atoms with E-state index in [-0.39, 0.29) is 23.0 Å². The predicted molar refractivity (Wildman–Crippen MR) is 66.1 cm³/mol. The zero-order chi connectivity index (χ0) is 13.0. The van der Waals surface area contributed by atoms with Gasteiger partial charge in [0, 0.05) is 6.54 Å². The van der Waals surface area contributed by atoms with Gasteiger partial charge < -0.3 is 15.5 Å². The van der Waals surface area contributed by atoms with E-state index in [1.54, 1.807) is 0 Å². The highest BCUT2D eigenvalue weighted by Gasteiger charge is 2.14. The number of carbonyl (C=O) groups is 1. The Morgan fingerprint density at radius 2 is 1.94 bits per heavy atom. The van der Waals surface area contributed by atoms with Crippen LogP contribution in [0.4, 0.5) is 0 Å². The topological polar surface area (TPSA) is 69.6 Å². The summed E-state index contributed by atoms with van der Waals surface area (Å²) in [6, 6.07) is 3.89. The van der Waals surface area contributed by atoms with Crippen molar-refractivity contribution in [3.05, 3.63) is 23.8 Å². The number of nitrogens with one attached hydrogen (secondary N) is 1. The molecule has 17 heavy (non-hydrogen) atoms. The van der Waals surface area contributed by atoms with Gasteiger partial charge in [-0.1, -0.05) is 20.8 Å². The fourth-order valence-corrected chi connectivity index (χ4v) is 1.29. The average Bonchev–Trinajstić information content (AvgIpc) is 2.28. The molecule has 4 heteroatoms. The summed E-state index contributed by atoms with van der Waals surface area (Å²) in [6.07, 6.45) is 0. The summed E-state index contributed by atoms with van der Waals surface area (Å²) in [5, 5.41) is 21.5. The second-order valence-corrected chi connectivity index (χ2v) is 4.63. The Morgan fingerprint density at radius 1 is 1.29 bits per heavy atom. The molecule has 0 aliphatic rings. The summed E-state index contributed by atoms with van der Waals surface area (Å²) < 4.78 is 0. The van der Waals surface area contributed by atoms with E-state index in [4.69, 9.17) is 0 Å². The largest absolute Gasteiger partial charge is 0.508 e. The van der Waals surface area contributed by atoms with Crippen LogP contribution in [0, 0.1) is 11.8 Å². The van der Waals surface area contributed by atoms with Gasteiger partial charge in [-0.25, -0.2) is 0 Å². The van der Waals surface area contributed by atoms with Crippen LogP contribution in [0.3, 0.4) is 0 Å². The molecule has 1 rings (SSSR count). The number of phenols is 2. The maximum Gasteiger partial charge on any atom is 0.255 e. The number of hydrogen-bond acceptors (Lipinski definition) is 3. The quantitative estimate of drug-likeness (QED) is 0.702. The van der Waals surface area contributed by atoms with Crippen molar-refractivity contribution >= 4 is 5.91 Å². The highest BCUT2D eigenvalue weighted by atomic mass is 16.3. The van der Waals surface area contributed by atoms with Gasteiger partial charge in [0.1, 0.15) is 11.5 Å². The standard InChI is InChI=1S/C13H19NO3/c1-8(2)9(3)7-14-13(17)11-6-10(15)4-5-12(11)16/h4-6,8-9,15-16H,7H2,1-3H3,(H,14,17). The molecule has 0 fully saturated rings. The summed E-state index contributed by atoms with van der Waals surface area (Å²) in [7, 11) is 0. The second kappa shape index (κ2) is 5.57. The van der Waals surface area contributed by atoms with Crippen molar-refractivity contribution in [2.75, 3.05) is 6.54 Å². The molecule has 94 valence electrons. The maximum absolute atomic E-state index is 11.8. The zero-order valence-corrected chi connectivity index (χ0v) is 10.4. The van der Waals surface area contributed by atoms with E-state index in [1.807, 2.05) is 6.92 Å². The predicted octanol–water partition coefficient (Wildman–Crippen LogP) is 2.12. The Hall–Kier alpha value is -1.71. The van der Waals surface area contributed by atoms with Crippen LogP contribution in [0.25, 0.3) is 0 Å². The molecule has 1 aromatic rings. The number of aromatic hydroxyl groups is 2. The minimum absolute atomic E-state index is 0.0372. The third-order valence-corrected chi connectivity index (χ3v) is 2.95. The van der Waals surface area contributed by atoms with Gasteiger partial charge in [-0.15, -0.1) is 0 Å². The summed E-state index contributed by atoms with van der Waals surface area (Å²) >= 11 is 0. The van der Waals surface area contributed by atoms with E-state index in [9.17, 15) is 15.0 Å². The van der Waals surface area contributed by atoms with E-state index < -0.39 is 0 Å². The summed E-state index contributed by atoms with van der Waals surface area (Å²) in [4.78, 5) is 11.8. The third kappa shape index (κ3) is 3.66. The normalized spacial score (nSPS) is 12.5. The SMILES string of the molecule is CC(C)C(C)CNC(=O)c1cc(O)ccc1O. The monoisotopic (exact) mass is 237 g/mol. The second-order valence-electron chi connectivity index (χ2n) is 4.63. The van der Waals surface area contributed by atoms with Gasteiger partial charge in [0.2, 0.25) is 0 Å². The van der Waals surface area contributed by atoms with Crippen molar-refractivity contribution in [1.82, 2.24) is 5.32 Å². The molecule has 0 saturated carbocycles. The number of rotatable bonds is 4. The van der Waals surface area contributed by atoms with E-state index >= 15 is 0 Å². The van der Waals surface area contributed by atoms with Crippen LogP contribution < -0.4 is 5.32 Å². The Balaban J connectivity index is 2.67. The van der Waals surface area contributed by atoms with Crippen molar-refractivity contribution < 1.29 is 15.0 Å². The van der Waals surface area contributed by atoms with Gasteiger partial charge in [-0.2, -0.15) is 0 Å². The van der Waals surface area contributed by atoms with Crippen molar-refractivity contribution in [2.24, 2.45) is 11.8 Å². The Labute approximate surface area is 101 Å². The smallest absolute Gasteiger partial charge is 0.255 e. The lowest BCUT2D eigenvalue weighted by atomic mass is 9.98. The molecule has 0 aromatic heterocycles. The number of phenolic OH excluding ortho intramolecular Hbond substituents is 2. The van der Waals surface area contributed by atoms with Gasteiger partial charge >= 0.3 is 0 Å². The van der Waals surface area contributed by atoms with Crippen LogP contribution in [0.15, 0.2) is 18.2 Å². The number of hydrogen-bond donors (Lipinski definition) is 3. The van der Waals surface area contributed by atoms with E-state index in [2.05, 4.69) is 19.2 Å². The first-order valence-electron chi connectivity index (χ1n) is 5.72. The molecular weight excluding hydrogens is 218 g/mol. The number of benzene rings is 1. The van der Waals surface area contributed by atoms with Crippen LogP contribution >= 0.6 is 0 Å². The minimum Gasteiger partial charge on any atom is -0.508 e. The third-order valence-electron chi connectivity index (χ3n) is 2.95. The van der Waals surface area contributed by atoms with Crippen LogP contribution in [-0.4, -0.2) is 22.7 Å². The Kier molecular flexibility index (Phi) is 4.37. The molecule has 0 saturated heterocycles. The molecule has 0 aliphatic carbocycles. The van der Waals surface area contributed by atoms with Gasteiger partial charge in [-0.3, -0.25) is 4.79 Å². The number of carbonyl (C=O) groups excluding carboxylic acids is 1. The van der Waals surface area contributed by atoms with Gasteiger partial charge in [-0.05, 0) is 30.0 Å². The first-order chi connectivity index (χ1) is 7.91. The van der Waals surface area contributed by atoms with Gasteiger partial charge in [0.05, 0.1) is 5.56 Å². The summed E-state index contributed by atoms with van der Waals surface area (Å²) in [5.74, 6) is 0.305. The molecular formula is C13H19NO3. The van der Waals surface area contributed by atoms with Crippen LogP contribution in [-0.2, 0) is 0 Å². The fourth-order valence-electron chi connectivity index (χ4n) is 1.29. The fraction of sp³-hybridized carbons (Fsp3) is 0.462. The highest BCUT2D eigenvalue weighted by molar-refractivity contribution is 5.97. The summed E-state index contributed by atoms with van der Waals surface area (Å²) in [5.41, 5.74) is 0.0981. The summed E-state index contributed by atoms with van der Waals surface area (Å²) in [6.45, 7) is 6.77. The molecule has 0 heterocycles. The average molecular weight is 237 g/mol. The molecule has 0 spiro atoms. The van der Waals surface area contributed by atoms with Crippen LogP contribution in [0.1, 0.15) is 31.1 Å². The molecule has 1 amide bonds. The number of amides is 1. The molecule has 3 N–H and O–H groups in total. The zero-order valence-electron chi connectivity index (χ0n) is 10.4. The Bertz CT molecular complexity index is 402. The Morgan fingerprint density at radius 3 is 2.53 bits per heavy atom. The first-order valence-corrected chi connectivity index (χ1v) is 5.72. The van der Waals surface area contributed by atoms with Gasteiger partial charge in [0.15, 0.2) is 0 Å². The van der Waals surface area contributed by atoms with Crippen molar-refractivity contribution in [1.29, 1.82) is 0 Å². The van der Waals surface area contributed by atoms with E-state index in [1.165, 1.54) is 18.2 Å².